The lowest BCUT2D eigenvalue weighted by atomic mass is 10.0. The van der Waals surface area contributed by atoms with E-state index >= 15 is 0 Å². The minimum absolute atomic E-state index is 0.0611. The van der Waals surface area contributed by atoms with Gasteiger partial charge in [0.05, 0.1) is 62.1 Å². The number of benzene rings is 6. The van der Waals surface area contributed by atoms with E-state index in [1.165, 1.54) is 31.9 Å². The monoisotopic (exact) mass is 2010 g/mol. The van der Waals surface area contributed by atoms with Crippen molar-refractivity contribution >= 4 is 102 Å². The molecule has 14 aromatic rings. The van der Waals surface area contributed by atoms with E-state index in [9.17, 15) is 24.3 Å². The van der Waals surface area contributed by atoms with Crippen LogP contribution in [0.5, 0.6) is 23.0 Å². The van der Waals surface area contributed by atoms with Crippen LogP contribution in [0.25, 0.3) is 56.5 Å². The van der Waals surface area contributed by atoms with Crippen molar-refractivity contribution in [3.63, 3.8) is 0 Å². The molecular weight excluding hydrogens is 1890 g/mol. The first-order valence-corrected chi connectivity index (χ1v) is 48.0. The highest BCUT2D eigenvalue weighted by Crippen LogP contribution is 2.35. The summed E-state index contributed by atoms with van der Waals surface area (Å²) in [6.07, 6.45) is 5.81. The predicted octanol–water partition coefficient (Wildman–Crippen LogP) is 14.0. The Bertz CT molecular complexity index is 6290. The van der Waals surface area contributed by atoms with Crippen LogP contribution in [0.15, 0.2) is 220 Å². The molecule has 6 aromatic carbocycles. The van der Waals surface area contributed by atoms with E-state index in [0.717, 1.165) is 96.8 Å². The summed E-state index contributed by atoms with van der Waals surface area (Å²) in [7, 11) is 6.65. The number of carbonyl (C=O) groups is 4. The summed E-state index contributed by atoms with van der Waals surface area (Å²) in [4.78, 5) is 81.1. The number of aromatic nitrogens is 12. The second kappa shape index (κ2) is 50.3. The van der Waals surface area contributed by atoms with Crippen molar-refractivity contribution in [2.45, 2.75) is 117 Å². The molecule has 4 saturated heterocycles. The summed E-state index contributed by atoms with van der Waals surface area (Å²) >= 11 is 3.35. The number of anilines is 5. The van der Waals surface area contributed by atoms with Crippen LogP contribution in [0.3, 0.4) is 0 Å². The van der Waals surface area contributed by atoms with Gasteiger partial charge in [0.2, 0.25) is 23.5 Å². The molecule has 142 heavy (non-hydrogen) atoms. The fourth-order valence-corrected chi connectivity index (χ4v) is 16.4. The number of nitrogens with one attached hydrogen (secondary N) is 2. The van der Waals surface area contributed by atoms with E-state index in [4.69, 9.17) is 72.8 Å². The van der Waals surface area contributed by atoms with Gasteiger partial charge in [0, 0.05) is 153 Å². The van der Waals surface area contributed by atoms with E-state index in [1.807, 2.05) is 167 Å². The van der Waals surface area contributed by atoms with Crippen molar-refractivity contribution in [2.75, 3.05) is 186 Å². The van der Waals surface area contributed by atoms with Gasteiger partial charge < -0.3 is 113 Å². The van der Waals surface area contributed by atoms with Crippen LogP contribution in [-0.2, 0) is 38.0 Å². The molecule has 40 heteroatoms. The average Bonchev–Trinajstić information content (AvgIpc) is 1.59. The number of methoxy groups -OCH3 is 4. The number of aliphatic carboxylic acids is 1. The first kappa shape index (κ1) is 105. The molecule has 7 N–H and O–H groups in total. The second-order valence-electron chi connectivity index (χ2n) is 36.0. The molecule has 2 unspecified atom stereocenters. The SMILES string of the molecule is COCCOc1ccc(Br)cc1.COCCOc1ccc(N2CCN(C(=O)C(c3ccccc3)n3ncc4c3nc(N)n3nc(-c5ccco5)nc43)[C@@H](C)C2)cc1.COCCOc1ccc(N2CCN(C(=O)OC(C)(C)C)[C@@H](C)C2)cc1.COCCOc1ccc(N2CCN[C@@H](C)C2)cc1.C[C@H]1CNCCN1C(=O)OC(C)(C)C.Nc1nc2c(cnn2C(C(=O)O)c2ccccc2)c2nc(-c3ccco3)nn12. The highest BCUT2D eigenvalue weighted by Gasteiger charge is 2.38. The molecule has 0 aliphatic carbocycles. The predicted molar refractivity (Wildman–Crippen MR) is 545 cm³/mol. The number of fused-ring (bicyclic) bond motifs is 6. The third-order valence-corrected chi connectivity index (χ3v) is 23.6. The summed E-state index contributed by atoms with van der Waals surface area (Å²) in [5.41, 5.74) is 18.1. The van der Waals surface area contributed by atoms with Crippen LogP contribution in [-0.4, -0.2) is 298 Å². The van der Waals surface area contributed by atoms with Crippen LogP contribution < -0.4 is 55.7 Å². The van der Waals surface area contributed by atoms with Crippen LogP contribution in [0.2, 0.25) is 0 Å². The van der Waals surface area contributed by atoms with Crippen molar-refractivity contribution < 1.29 is 80.5 Å². The Labute approximate surface area is 833 Å². The number of carbonyl (C=O) groups excluding carboxylic acids is 3. The summed E-state index contributed by atoms with van der Waals surface area (Å²) < 4.78 is 70.5. The molecule has 0 bridgehead atoms. The van der Waals surface area contributed by atoms with Gasteiger partial charge in [-0.15, -0.1) is 10.2 Å². The maximum Gasteiger partial charge on any atom is 0.410 e. The van der Waals surface area contributed by atoms with E-state index < -0.39 is 29.3 Å². The fraction of sp³-hybridized carbons (Fsp3) is 0.412. The largest absolute Gasteiger partial charge is 0.491 e. The quantitative estimate of drug-likeness (QED) is 0.0298. The first-order valence-electron chi connectivity index (χ1n) is 47.2. The Morgan fingerprint density at radius 1 is 0.444 bits per heavy atom. The highest BCUT2D eigenvalue weighted by molar-refractivity contribution is 9.10. The summed E-state index contributed by atoms with van der Waals surface area (Å²) in [6.45, 7) is 34.0. The van der Waals surface area contributed by atoms with Gasteiger partial charge in [0.1, 0.15) is 60.6 Å². The van der Waals surface area contributed by atoms with Crippen molar-refractivity contribution in [1.29, 1.82) is 0 Å². The zero-order chi connectivity index (χ0) is 101. The molecule has 8 aromatic heterocycles. The van der Waals surface area contributed by atoms with Crippen LogP contribution in [0.4, 0.5) is 38.5 Å². The van der Waals surface area contributed by atoms with Gasteiger partial charge in [-0.25, -0.2) is 33.7 Å². The van der Waals surface area contributed by atoms with Gasteiger partial charge in [0.25, 0.3) is 5.91 Å². The van der Waals surface area contributed by atoms with Gasteiger partial charge in [-0.2, -0.15) is 29.2 Å². The molecule has 756 valence electrons. The van der Waals surface area contributed by atoms with Crippen LogP contribution in [0.1, 0.15) is 92.4 Å². The molecule has 39 nitrogen and oxygen atoms in total. The number of hydrogen-bond acceptors (Lipinski definition) is 31. The maximum atomic E-state index is 14.5. The molecule has 18 rings (SSSR count). The molecular formula is C102H129BrN22O17. The standard InChI is InChI=1S/C32H33N9O4.C19H30N2O4.C18H13N7O3.C14H22N2O2.C10H20N2O2.C9H11BrO2/c1-21-20-38(23-10-12-24(13-11-23)44-18-17-43-2)14-15-39(21)31(42)27(22-7-4-3-5-8-22)40-30-25(19-34-40)29-35-28(26-9-6-16-45-26)37-41(29)32(33)36-30;1-15-14-20(10-11-21(15)18(22)25-19(2,3)4)16-6-8-17(9-7-16)24-13-12-23-5;19-18-22-16-11(15-21-14(23-25(15)18)12-7-4-8-28-12)9-20-24(16)13(17(26)27)10-5-2-1-3-6-10;1-12-11-16(8-7-15-12)13-3-5-14(6-4-13)18-10-9-17-2;1-8-7-11-5-6-12(8)9(13)14-10(2,3)4;1-11-6-7-12-9-4-2-8(10)3-5-9/h3-13,16,19,21,27H,14-15,17-18,20H2,1-2H3,(H2,33,36);6-9,15H,10-14H2,1-5H3;1-9,13H,(H2,19,22)(H,26,27);3-6,12,15H,7-11H2,1-2H3;8,11H,5-7H2,1-4H3;2-5H,6-7H2,1H3/t21-,27?;15-;;12-;8-;/m00.00./s1. The van der Waals surface area contributed by atoms with Crippen molar-refractivity contribution in [3.8, 4) is 46.2 Å². The Morgan fingerprint density at radius 3 is 1.20 bits per heavy atom. The number of rotatable bonds is 27. The van der Waals surface area contributed by atoms with Crippen molar-refractivity contribution in [2.24, 2.45) is 0 Å². The van der Waals surface area contributed by atoms with E-state index in [0.29, 0.717) is 147 Å². The first-order chi connectivity index (χ1) is 68.5. The van der Waals surface area contributed by atoms with Gasteiger partial charge in [-0.05, 0) is 202 Å². The molecule has 3 amide bonds. The number of hydrogen-bond donors (Lipinski definition) is 5. The maximum absolute atomic E-state index is 14.5. The van der Waals surface area contributed by atoms with Crippen LogP contribution >= 0.6 is 15.9 Å². The van der Waals surface area contributed by atoms with E-state index in [-0.39, 0.29) is 48.1 Å². The fourth-order valence-electron chi connectivity index (χ4n) is 16.1. The molecule has 0 saturated carbocycles. The number of halogens is 1. The van der Waals surface area contributed by atoms with Crippen LogP contribution in [0, 0.1) is 0 Å². The molecule has 4 fully saturated rings. The number of carboxylic acids is 1. The zero-order valence-corrected chi connectivity index (χ0v) is 84.4. The molecule has 4 aliphatic heterocycles. The number of furan rings is 2. The van der Waals surface area contributed by atoms with Gasteiger partial charge in [0.15, 0.2) is 46.2 Å². The van der Waals surface area contributed by atoms with Gasteiger partial charge in [-0.3, -0.25) is 4.79 Å². The molecule has 0 spiro atoms. The average molecular weight is 2020 g/mol. The molecule has 0 radical (unpaired) electrons. The summed E-state index contributed by atoms with van der Waals surface area (Å²) in [6, 6.07) is 56.5. The second-order valence-corrected chi connectivity index (χ2v) is 36.9. The van der Waals surface area contributed by atoms with Crippen molar-refractivity contribution in [1.82, 2.24) is 84.1 Å². The zero-order valence-electron chi connectivity index (χ0n) is 82.8. The van der Waals surface area contributed by atoms with Gasteiger partial charge in [-0.1, -0.05) is 76.6 Å². The van der Waals surface area contributed by atoms with Gasteiger partial charge >= 0.3 is 18.2 Å². The number of nitrogens with zero attached hydrogens (tertiary/aromatic N) is 18. The van der Waals surface area contributed by atoms with E-state index in [2.05, 4.69) is 122 Å². The summed E-state index contributed by atoms with van der Waals surface area (Å²) in [5.74, 6) is 4.17. The number of nitrogen functional groups attached to an aromatic ring is 2. The Kier molecular flexibility index (Phi) is 37.3. The number of carboxylic acid groups (broad SMARTS) is 1. The lowest BCUT2D eigenvalue weighted by Gasteiger charge is -2.42. The lowest BCUT2D eigenvalue weighted by molar-refractivity contribution is -0.140. The Morgan fingerprint density at radius 2 is 0.831 bits per heavy atom. The Balaban J connectivity index is 0.000000152. The van der Waals surface area contributed by atoms with E-state index in [1.54, 1.807) is 99.0 Å². The number of amides is 3. The Hall–Kier alpha value is -14.2. The normalized spacial score (nSPS) is 16.4. The minimum Gasteiger partial charge on any atom is -0.491 e. The minimum atomic E-state index is -1.06. The van der Waals surface area contributed by atoms with Crippen molar-refractivity contribution in [3.05, 3.63) is 223 Å². The number of nitrogens with two attached hydrogens (primary N) is 2. The third kappa shape index (κ3) is 28.4. The smallest absolute Gasteiger partial charge is 0.410 e. The lowest BCUT2D eigenvalue weighted by Crippen LogP contribution is -2.55. The number of ether oxygens (including phenoxy) is 10. The summed E-state index contributed by atoms with van der Waals surface area (Å²) in [5, 5.41) is 35.4. The topological polar surface area (TPSA) is 424 Å². The molecule has 12 heterocycles. The highest BCUT2D eigenvalue weighted by atomic mass is 79.9. The molecule has 4 aliphatic rings. The third-order valence-electron chi connectivity index (χ3n) is 23.1. The molecule has 6 atom stereocenters. The number of piperazine rings is 4.